The first-order valence-corrected chi connectivity index (χ1v) is 12.5. The topological polar surface area (TPSA) is 86.8 Å². The molecule has 32 heavy (non-hydrogen) atoms. The zero-order chi connectivity index (χ0) is 23.1. The van der Waals surface area contributed by atoms with Gasteiger partial charge in [-0.15, -0.1) is 11.6 Å². The van der Waals surface area contributed by atoms with Crippen LogP contribution in [0.2, 0.25) is 0 Å². The van der Waals surface area contributed by atoms with E-state index in [0.717, 1.165) is 32.1 Å². The summed E-state index contributed by atoms with van der Waals surface area (Å²) in [5.74, 6) is 0.0256. The third-order valence-corrected chi connectivity index (χ3v) is 7.21. The molecule has 0 bridgehead atoms. The number of guanidine groups is 1. The standard InChI is InChI=1S/C22H38ClF2N5O2/c1-3-32-13(2)12-26-22(28-21(31)15-6-9-17(24)18(25)10-15)27-20-11-19(29-30-20)14-4-7-16(23)8-5-14/h13-20,29-30H,3-12H2,1-2H3,(H2,26,27,28,31). The largest absolute Gasteiger partial charge is 0.377 e. The summed E-state index contributed by atoms with van der Waals surface area (Å²) in [6.07, 6.45) is 2.17. The molecule has 1 aliphatic heterocycles. The van der Waals surface area contributed by atoms with E-state index >= 15 is 0 Å². The first-order chi connectivity index (χ1) is 15.4. The predicted molar refractivity (Wildman–Crippen MR) is 122 cm³/mol. The Hall–Kier alpha value is -1.03. The first-order valence-electron chi connectivity index (χ1n) is 12.0. The highest BCUT2D eigenvalue weighted by atomic mass is 35.5. The van der Waals surface area contributed by atoms with Crippen molar-refractivity contribution in [1.82, 2.24) is 21.5 Å². The summed E-state index contributed by atoms with van der Waals surface area (Å²) in [6.45, 7) is 4.79. The summed E-state index contributed by atoms with van der Waals surface area (Å²) < 4.78 is 32.8. The fraction of sp³-hybridized carbons (Fsp3) is 0.909. The molecule has 1 heterocycles. The zero-order valence-corrected chi connectivity index (χ0v) is 19.8. The number of ether oxygens (including phenoxy) is 1. The number of hydrazine groups is 1. The summed E-state index contributed by atoms with van der Waals surface area (Å²) in [6, 6.07) is 0.322. The molecule has 3 rings (SSSR count). The van der Waals surface area contributed by atoms with Crippen LogP contribution in [0.1, 0.15) is 65.2 Å². The molecule has 7 nitrogen and oxygen atoms in total. The third kappa shape index (κ3) is 7.50. The lowest BCUT2D eigenvalue weighted by molar-refractivity contribution is -0.125. The molecule has 6 unspecified atom stereocenters. The third-order valence-electron chi connectivity index (χ3n) is 6.78. The van der Waals surface area contributed by atoms with Crippen molar-refractivity contribution >= 4 is 23.5 Å². The van der Waals surface area contributed by atoms with Gasteiger partial charge < -0.3 is 10.1 Å². The number of carbonyl (C=O) groups excluding carboxylic acids is 1. The van der Waals surface area contributed by atoms with Crippen molar-refractivity contribution in [2.45, 2.75) is 101 Å². The second-order valence-corrected chi connectivity index (χ2v) is 9.94. The molecular formula is C22H38ClF2N5O2. The van der Waals surface area contributed by atoms with Crippen LogP contribution in [0.4, 0.5) is 8.78 Å². The van der Waals surface area contributed by atoms with Gasteiger partial charge in [0.15, 0.2) is 5.96 Å². The molecule has 0 aromatic carbocycles. The van der Waals surface area contributed by atoms with Crippen molar-refractivity contribution in [3.8, 4) is 0 Å². The van der Waals surface area contributed by atoms with Crippen LogP contribution in [-0.4, -0.2) is 61.1 Å². The maximum absolute atomic E-state index is 13.8. The minimum atomic E-state index is -1.59. The fourth-order valence-corrected chi connectivity index (χ4v) is 5.10. The fourth-order valence-electron chi connectivity index (χ4n) is 4.84. The van der Waals surface area contributed by atoms with Crippen molar-refractivity contribution in [3.05, 3.63) is 0 Å². The number of rotatable bonds is 7. The molecule has 3 fully saturated rings. The van der Waals surface area contributed by atoms with Crippen LogP contribution in [0.25, 0.3) is 0 Å². The van der Waals surface area contributed by atoms with E-state index in [1.807, 2.05) is 13.8 Å². The van der Waals surface area contributed by atoms with Crippen LogP contribution in [-0.2, 0) is 9.53 Å². The van der Waals surface area contributed by atoms with Crippen molar-refractivity contribution in [2.75, 3.05) is 13.2 Å². The first kappa shape index (κ1) is 25.6. The van der Waals surface area contributed by atoms with Crippen molar-refractivity contribution < 1.29 is 18.3 Å². The van der Waals surface area contributed by atoms with Crippen LogP contribution < -0.4 is 21.5 Å². The number of halogens is 3. The van der Waals surface area contributed by atoms with Crippen molar-refractivity contribution in [1.29, 1.82) is 0 Å². The van der Waals surface area contributed by atoms with Gasteiger partial charge in [-0.1, -0.05) is 0 Å². The lowest BCUT2D eigenvalue weighted by atomic mass is 9.83. The molecule has 0 aromatic heterocycles. The monoisotopic (exact) mass is 477 g/mol. The zero-order valence-electron chi connectivity index (χ0n) is 19.1. The molecule has 184 valence electrons. The summed E-state index contributed by atoms with van der Waals surface area (Å²) in [5, 5.41) is 6.38. The number of carbonyl (C=O) groups is 1. The van der Waals surface area contributed by atoms with E-state index in [2.05, 4.69) is 26.5 Å². The second-order valence-electron chi connectivity index (χ2n) is 9.33. The number of aliphatic imine (C=N–C) groups is 1. The highest BCUT2D eigenvalue weighted by Gasteiger charge is 2.36. The van der Waals surface area contributed by atoms with Gasteiger partial charge in [-0.05, 0) is 71.1 Å². The number of nitrogens with one attached hydrogen (secondary N) is 4. The van der Waals surface area contributed by atoms with Gasteiger partial charge in [0.2, 0.25) is 5.91 Å². The van der Waals surface area contributed by atoms with Gasteiger partial charge in [-0.25, -0.2) is 14.2 Å². The highest BCUT2D eigenvalue weighted by Crippen LogP contribution is 2.32. The lowest BCUT2D eigenvalue weighted by Crippen LogP contribution is -2.52. The molecule has 0 radical (unpaired) electrons. The average molecular weight is 478 g/mol. The Balaban J connectivity index is 1.56. The second kappa shape index (κ2) is 12.4. The molecule has 3 aliphatic rings. The van der Waals surface area contributed by atoms with Gasteiger partial charge >= 0.3 is 0 Å². The van der Waals surface area contributed by atoms with Crippen molar-refractivity contribution in [3.63, 3.8) is 0 Å². The van der Waals surface area contributed by atoms with E-state index < -0.39 is 18.3 Å². The SMILES string of the molecule is CCOC(C)CN=C(NC(=O)C1CCC(F)C(F)C1)NC1CC(C2CCC(Cl)CC2)NN1. The quantitative estimate of drug-likeness (QED) is 0.257. The van der Waals surface area contributed by atoms with Gasteiger partial charge in [0.1, 0.15) is 12.3 Å². The summed E-state index contributed by atoms with van der Waals surface area (Å²) in [4.78, 5) is 17.3. The predicted octanol–water partition coefficient (Wildman–Crippen LogP) is 2.94. The van der Waals surface area contributed by atoms with Crippen LogP contribution in [0.3, 0.4) is 0 Å². The van der Waals surface area contributed by atoms with E-state index in [-0.39, 0.29) is 36.4 Å². The number of alkyl halides is 3. The summed E-state index contributed by atoms with van der Waals surface area (Å²) >= 11 is 6.24. The van der Waals surface area contributed by atoms with Crippen LogP contribution in [0, 0.1) is 11.8 Å². The maximum atomic E-state index is 13.8. The Labute approximate surface area is 194 Å². The molecule has 6 atom stereocenters. The summed E-state index contributed by atoms with van der Waals surface area (Å²) in [5.41, 5.74) is 6.63. The molecule has 1 saturated heterocycles. The van der Waals surface area contributed by atoms with E-state index in [9.17, 15) is 13.6 Å². The van der Waals surface area contributed by atoms with Crippen LogP contribution in [0.5, 0.6) is 0 Å². The van der Waals surface area contributed by atoms with Crippen LogP contribution in [0.15, 0.2) is 4.99 Å². The lowest BCUT2D eigenvalue weighted by Gasteiger charge is -2.29. The molecular weight excluding hydrogens is 440 g/mol. The van der Waals surface area contributed by atoms with Gasteiger partial charge in [0, 0.05) is 23.9 Å². The molecule has 2 aliphatic carbocycles. The molecule has 2 saturated carbocycles. The Bertz CT molecular complexity index is 635. The normalized spacial score (nSPS) is 37.2. The number of hydrogen-bond acceptors (Lipinski definition) is 5. The van der Waals surface area contributed by atoms with E-state index in [0.29, 0.717) is 37.5 Å². The molecule has 10 heteroatoms. The Kier molecular flexibility index (Phi) is 9.95. The molecule has 4 N–H and O–H groups in total. The van der Waals surface area contributed by atoms with E-state index in [4.69, 9.17) is 16.3 Å². The summed E-state index contributed by atoms with van der Waals surface area (Å²) in [7, 11) is 0. The maximum Gasteiger partial charge on any atom is 0.229 e. The minimum Gasteiger partial charge on any atom is -0.377 e. The smallest absolute Gasteiger partial charge is 0.229 e. The molecule has 1 amide bonds. The highest BCUT2D eigenvalue weighted by molar-refractivity contribution is 6.20. The average Bonchev–Trinajstić information content (AvgIpc) is 3.23. The van der Waals surface area contributed by atoms with E-state index in [1.165, 1.54) is 0 Å². The Morgan fingerprint density at radius 2 is 1.88 bits per heavy atom. The number of amides is 1. The van der Waals surface area contributed by atoms with Gasteiger partial charge in [0.05, 0.1) is 18.8 Å². The minimum absolute atomic E-state index is 0.0703. The number of hydrogen-bond donors (Lipinski definition) is 4. The van der Waals surface area contributed by atoms with Gasteiger partial charge in [-0.3, -0.25) is 20.5 Å². The van der Waals surface area contributed by atoms with Gasteiger partial charge in [0.25, 0.3) is 0 Å². The Morgan fingerprint density at radius 3 is 2.56 bits per heavy atom. The van der Waals surface area contributed by atoms with Crippen LogP contribution >= 0.6 is 11.6 Å². The molecule has 0 aromatic rings. The van der Waals surface area contributed by atoms with Crippen molar-refractivity contribution in [2.24, 2.45) is 16.8 Å². The van der Waals surface area contributed by atoms with Gasteiger partial charge in [-0.2, -0.15) is 0 Å². The molecule has 0 spiro atoms. The van der Waals surface area contributed by atoms with E-state index in [1.54, 1.807) is 0 Å². The number of nitrogens with zero attached hydrogens (tertiary/aromatic N) is 1. The Morgan fingerprint density at radius 1 is 1.12 bits per heavy atom.